The number of fused-ring (bicyclic) bond motifs is 1. The first-order valence-electron chi connectivity index (χ1n) is 16.7. The number of benzene rings is 1. The number of aromatic nitrogens is 5. The van der Waals surface area contributed by atoms with Crippen LogP contribution in [0.15, 0.2) is 36.7 Å². The third-order valence-corrected chi connectivity index (χ3v) is 10.6. The van der Waals surface area contributed by atoms with Gasteiger partial charge in [0.15, 0.2) is 5.82 Å². The fraction of sp³-hybridized carbons (Fsp3) is 0.543. The predicted octanol–water partition coefficient (Wildman–Crippen LogP) is 4.30. The lowest BCUT2D eigenvalue weighted by molar-refractivity contribution is -0.0704. The van der Waals surface area contributed by atoms with Gasteiger partial charge in [-0.05, 0) is 96.3 Å². The van der Waals surface area contributed by atoms with E-state index < -0.39 is 17.3 Å². The van der Waals surface area contributed by atoms with Crippen LogP contribution in [0, 0.1) is 18.2 Å². The van der Waals surface area contributed by atoms with Gasteiger partial charge < -0.3 is 19.5 Å². The Bertz CT molecular complexity index is 1780. The molecule has 0 radical (unpaired) electrons. The topological polar surface area (TPSA) is 108 Å². The maximum atomic E-state index is 15.7. The van der Waals surface area contributed by atoms with Gasteiger partial charge in [0.05, 0.1) is 34.9 Å². The summed E-state index contributed by atoms with van der Waals surface area (Å²) >= 11 is 0. The second-order valence-corrected chi connectivity index (χ2v) is 14.7. The van der Waals surface area contributed by atoms with Crippen LogP contribution in [0.1, 0.15) is 55.6 Å². The largest absolute Gasteiger partial charge is 0.389 e. The number of aliphatic hydroxyl groups is 1. The van der Waals surface area contributed by atoms with Gasteiger partial charge in [0.25, 0.3) is 5.91 Å². The van der Waals surface area contributed by atoms with Gasteiger partial charge in [0.2, 0.25) is 5.95 Å². The molecule has 1 aromatic carbocycles. The molecule has 3 fully saturated rings. The quantitative estimate of drug-likeness (QED) is 0.307. The van der Waals surface area contributed by atoms with Crippen LogP contribution in [0.4, 0.5) is 16.0 Å². The second-order valence-electron chi connectivity index (χ2n) is 14.7. The van der Waals surface area contributed by atoms with Crippen molar-refractivity contribution in [1.82, 2.24) is 34.1 Å². The molecule has 0 bridgehead atoms. The molecule has 3 saturated heterocycles. The highest BCUT2D eigenvalue weighted by Gasteiger charge is 2.46. The number of hydrogen-bond donors (Lipinski definition) is 2. The molecule has 0 saturated carbocycles. The number of rotatable bonds is 7. The number of hydrogen-bond acceptors (Lipinski definition) is 8. The molecule has 1 spiro atoms. The smallest absolute Gasteiger partial charge is 0.261 e. The lowest BCUT2D eigenvalue weighted by atomic mass is 9.71. The van der Waals surface area contributed by atoms with E-state index in [9.17, 15) is 9.90 Å². The zero-order valence-electron chi connectivity index (χ0n) is 28.1. The molecule has 7 rings (SSSR count). The Morgan fingerprint density at radius 1 is 1.11 bits per heavy atom. The molecular weight excluding hydrogens is 597 g/mol. The molecule has 6 heterocycles. The van der Waals surface area contributed by atoms with Crippen molar-refractivity contribution in [2.45, 2.75) is 64.6 Å². The maximum Gasteiger partial charge on any atom is 0.261 e. The Morgan fingerprint density at radius 3 is 2.49 bits per heavy atom. The number of likely N-dealkylation sites (tertiary alicyclic amines) is 2. The van der Waals surface area contributed by atoms with Crippen molar-refractivity contribution in [3.63, 3.8) is 0 Å². The Morgan fingerprint density at radius 2 is 1.83 bits per heavy atom. The van der Waals surface area contributed by atoms with Gasteiger partial charge in [-0.1, -0.05) is 0 Å². The maximum absolute atomic E-state index is 15.7. The van der Waals surface area contributed by atoms with Crippen molar-refractivity contribution in [3.8, 4) is 11.3 Å². The van der Waals surface area contributed by atoms with Crippen LogP contribution in [-0.2, 0) is 13.6 Å². The van der Waals surface area contributed by atoms with E-state index in [1.807, 2.05) is 17.6 Å². The first-order chi connectivity index (χ1) is 22.4. The molecule has 47 heavy (non-hydrogen) atoms. The number of imidazole rings is 1. The summed E-state index contributed by atoms with van der Waals surface area (Å²) < 4.78 is 19.2. The van der Waals surface area contributed by atoms with Crippen molar-refractivity contribution in [2.24, 2.45) is 12.5 Å². The van der Waals surface area contributed by atoms with Gasteiger partial charge in [-0.3, -0.25) is 24.7 Å². The molecule has 12 heteroatoms. The molecule has 0 atom stereocenters. The van der Waals surface area contributed by atoms with Crippen molar-refractivity contribution in [3.05, 3.63) is 53.7 Å². The SMILES string of the molecule is Cc1c(-c2nccc(C(=O)Nc3nc4ccc(N5CCC(N6CC7(CCN(C)CC7)C6)CC5)cc4n3CC(C)(C)O)c2F)cnn1C. The number of carbonyl (C=O) groups is 1. The lowest BCUT2D eigenvalue weighted by Gasteiger charge is -2.57. The molecule has 3 aliphatic heterocycles. The van der Waals surface area contributed by atoms with Gasteiger partial charge in [-0.15, -0.1) is 0 Å². The van der Waals surface area contributed by atoms with Gasteiger partial charge in [0.1, 0.15) is 5.69 Å². The Balaban J connectivity index is 1.09. The van der Waals surface area contributed by atoms with Crippen LogP contribution >= 0.6 is 0 Å². The average Bonchev–Trinajstić information content (AvgIpc) is 3.53. The zero-order valence-corrected chi connectivity index (χ0v) is 28.1. The number of pyridine rings is 1. The van der Waals surface area contributed by atoms with E-state index in [4.69, 9.17) is 4.98 Å². The molecule has 11 nitrogen and oxygen atoms in total. The van der Waals surface area contributed by atoms with Crippen molar-refractivity contribution in [1.29, 1.82) is 0 Å². The number of halogens is 1. The number of piperidine rings is 2. The van der Waals surface area contributed by atoms with E-state index in [0.29, 0.717) is 22.5 Å². The van der Waals surface area contributed by atoms with Crippen LogP contribution in [-0.4, -0.2) is 103 Å². The summed E-state index contributed by atoms with van der Waals surface area (Å²) in [5, 5.41) is 17.9. The van der Waals surface area contributed by atoms with Crippen molar-refractivity contribution in [2.75, 3.05) is 56.5 Å². The Hall–Kier alpha value is -3.87. The molecule has 3 aliphatic rings. The molecule has 0 unspecified atom stereocenters. The minimum absolute atomic E-state index is 0.0668. The summed E-state index contributed by atoms with van der Waals surface area (Å²) in [4.78, 5) is 30.0. The molecule has 3 aromatic heterocycles. The van der Waals surface area contributed by atoms with E-state index in [-0.39, 0.29) is 23.8 Å². The first-order valence-corrected chi connectivity index (χ1v) is 16.7. The van der Waals surface area contributed by atoms with Crippen LogP contribution in [0.3, 0.4) is 0 Å². The first kappa shape index (κ1) is 31.7. The van der Waals surface area contributed by atoms with Crippen LogP contribution in [0.2, 0.25) is 0 Å². The lowest BCUT2D eigenvalue weighted by Crippen LogP contribution is -2.63. The third kappa shape index (κ3) is 6.14. The summed E-state index contributed by atoms with van der Waals surface area (Å²) in [6, 6.07) is 8.13. The number of aryl methyl sites for hydroxylation is 1. The molecule has 4 aromatic rings. The number of amides is 1. The van der Waals surface area contributed by atoms with Crippen molar-refractivity contribution >= 4 is 28.6 Å². The van der Waals surface area contributed by atoms with E-state index >= 15 is 4.39 Å². The summed E-state index contributed by atoms with van der Waals surface area (Å²) in [6.07, 6.45) is 7.88. The Kier molecular flexibility index (Phi) is 8.08. The number of nitrogens with one attached hydrogen (secondary N) is 1. The molecule has 1 amide bonds. The number of nitrogens with zero attached hydrogens (tertiary/aromatic N) is 8. The molecule has 0 aliphatic carbocycles. The predicted molar refractivity (Wildman–Crippen MR) is 181 cm³/mol. The highest BCUT2D eigenvalue weighted by atomic mass is 19.1. The number of anilines is 2. The minimum Gasteiger partial charge on any atom is -0.389 e. The summed E-state index contributed by atoms with van der Waals surface area (Å²) in [5.41, 5.74) is 3.23. The summed E-state index contributed by atoms with van der Waals surface area (Å²) in [5.74, 6) is -1.12. The van der Waals surface area contributed by atoms with Crippen molar-refractivity contribution < 1.29 is 14.3 Å². The summed E-state index contributed by atoms with van der Waals surface area (Å²) in [7, 11) is 4.00. The average molecular weight is 644 g/mol. The van der Waals surface area contributed by atoms with Crippen LogP contribution < -0.4 is 10.2 Å². The number of carbonyl (C=O) groups excluding carboxylic acids is 1. The normalized spacial score (nSPS) is 19.4. The summed E-state index contributed by atoms with van der Waals surface area (Å²) in [6.45, 7) is 12.3. The molecule has 2 N–H and O–H groups in total. The third-order valence-electron chi connectivity index (χ3n) is 10.6. The van der Waals surface area contributed by atoms with Crippen LogP contribution in [0.25, 0.3) is 22.3 Å². The monoisotopic (exact) mass is 643 g/mol. The minimum atomic E-state index is -1.09. The molecular formula is C35H46FN9O2. The fourth-order valence-corrected chi connectivity index (χ4v) is 7.63. The van der Waals surface area contributed by atoms with E-state index in [0.717, 1.165) is 42.8 Å². The van der Waals surface area contributed by atoms with E-state index in [1.54, 1.807) is 31.8 Å². The standard InChI is InChI=1S/C35H46FN9O2/c1-23-27(19-38-42(23)5)31-30(36)26(8-13-37-31)32(46)40-33-39-28-7-6-25(18-29(28)45(33)20-34(2,3)47)43-14-9-24(10-15-43)44-21-35(22-44)11-16-41(4)17-12-35/h6-8,13,18-19,24,47H,9-12,14-17,20-22H2,1-5H3,(H,39,40,46). The highest BCUT2D eigenvalue weighted by Crippen LogP contribution is 2.42. The fourth-order valence-electron chi connectivity index (χ4n) is 7.63. The van der Waals surface area contributed by atoms with Gasteiger partial charge in [0, 0.05) is 62.4 Å². The van der Waals surface area contributed by atoms with E-state index in [2.05, 4.69) is 49.3 Å². The second kappa shape index (κ2) is 12.0. The van der Waals surface area contributed by atoms with E-state index in [1.165, 1.54) is 51.3 Å². The molecule has 250 valence electrons. The van der Waals surface area contributed by atoms with Gasteiger partial charge >= 0.3 is 0 Å². The highest BCUT2D eigenvalue weighted by molar-refractivity contribution is 6.05. The van der Waals surface area contributed by atoms with Gasteiger partial charge in [-0.2, -0.15) is 5.10 Å². The zero-order chi connectivity index (χ0) is 33.1. The van der Waals surface area contributed by atoms with Gasteiger partial charge in [-0.25, -0.2) is 9.37 Å². The Labute approximate surface area is 275 Å². The van der Waals surface area contributed by atoms with Crippen LogP contribution in [0.5, 0.6) is 0 Å².